The average molecular weight is 360 g/mol. The molecule has 2 aromatic rings. The third-order valence-electron chi connectivity index (χ3n) is 4.11. The second-order valence-electron chi connectivity index (χ2n) is 5.75. The Morgan fingerprint density at radius 1 is 1.12 bits per heavy atom. The summed E-state index contributed by atoms with van der Waals surface area (Å²) in [5.74, 6) is 0.0271. The van der Waals surface area contributed by atoms with Crippen LogP contribution in [0.2, 0.25) is 0 Å². The highest BCUT2D eigenvalue weighted by molar-refractivity contribution is 7.99. The molecule has 0 radical (unpaired) electrons. The summed E-state index contributed by atoms with van der Waals surface area (Å²) >= 11 is 1.40. The number of anilines is 1. The minimum Gasteiger partial charge on any atom is -0.467 e. The van der Waals surface area contributed by atoms with Gasteiger partial charge in [-0.2, -0.15) is 15.0 Å². The van der Waals surface area contributed by atoms with E-state index < -0.39 is 5.54 Å². The maximum Gasteiger partial charge on any atom is 0.331 e. The molecule has 0 atom stereocenters. The van der Waals surface area contributed by atoms with Crippen molar-refractivity contribution in [2.45, 2.75) is 41.3 Å². The van der Waals surface area contributed by atoms with Crippen LogP contribution in [0, 0.1) is 0 Å². The molecule has 8 heteroatoms. The van der Waals surface area contributed by atoms with Gasteiger partial charge in [-0.15, -0.1) is 0 Å². The van der Waals surface area contributed by atoms with Crippen molar-refractivity contribution in [1.82, 2.24) is 15.0 Å². The molecule has 0 unspecified atom stereocenters. The van der Waals surface area contributed by atoms with Gasteiger partial charge >= 0.3 is 12.0 Å². The molecular weight excluding hydrogens is 340 g/mol. The molecule has 0 bridgehead atoms. The second kappa shape index (κ2) is 7.69. The lowest BCUT2D eigenvalue weighted by molar-refractivity contribution is -0.145. The summed E-state index contributed by atoms with van der Waals surface area (Å²) in [6, 6.07) is 10.00. The minimum atomic E-state index is -0.782. The number of hydrogen-bond acceptors (Lipinski definition) is 8. The minimum absolute atomic E-state index is 0.203. The van der Waals surface area contributed by atoms with E-state index in [4.69, 9.17) is 9.47 Å². The van der Waals surface area contributed by atoms with Crippen LogP contribution in [0.1, 0.15) is 25.7 Å². The lowest BCUT2D eigenvalue weighted by Gasteiger charge is -2.27. The van der Waals surface area contributed by atoms with E-state index in [1.165, 1.54) is 26.0 Å². The molecule has 0 amide bonds. The van der Waals surface area contributed by atoms with Crippen molar-refractivity contribution >= 4 is 23.7 Å². The van der Waals surface area contributed by atoms with Crippen LogP contribution in [0.15, 0.2) is 40.4 Å². The molecule has 1 fully saturated rings. The van der Waals surface area contributed by atoms with Crippen LogP contribution in [0.25, 0.3) is 0 Å². The van der Waals surface area contributed by atoms with Crippen LogP contribution in [-0.4, -0.2) is 40.7 Å². The number of nitrogens with one attached hydrogen (secondary N) is 1. The zero-order valence-electron chi connectivity index (χ0n) is 14.2. The molecule has 1 saturated carbocycles. The summed E-state index contributed by atoms with van der Waals surface area (Å²) in [6.45, 7) is 0. The van der Waals surface area contributed by atoms with Crippen molar-refractivity contribution in [2.75, 3.05) is 19.5 Å². The summed E-state index contributed by atoms with van der Waals surface area (Å²) < 4.78 is 10.2. The normalized spacial score (nSPS) is 15.6. The van der Waals surface area contributed by atoms with Gasteiger partial charge in [-0.3, -0.25) is 0 Å². The first-order chi connectivity index (χ1) is 12.1. The molecule has 1 aromatic carbocycles. The maximum atomic E-state index is 12.3. The van der Waals surface area contributed by atoms with Crippen molar-refractivity contribution in [2.24, 2.45) is 0 Å². The summed E-state index contributed by atoms with van der Waals surface area (Å²) in [5.41, 5.74) is -0.782. The first-order valence-electron chi connectivity index (χ1n) is 8.05. The molecule has 1 aromatic heterocycles. The fraction of sp³-hybridized carbons (Fsp3) is 0.412. The van der Waals surface area contributed by atoms with Gasteiger partial charge in [-0.05, 0) is 36.7 Å². The molecule has 1 aliphatic rings. The van der Waals surface area contributed by atoms with Gasteiger partial charge in [0.1, 0.15) is 5.54 Å². The van der Waals surface area contributed by atoms with Crippen LogP contribution in [0.5, 0.6) is 6.01 Å². The molecule has 132 valence electrons. The summed E-state index contributed by atoms with van der Waals surface area (Å²) in [4.78, 5) is 26.2. The van der Waals surface area contributed by atoms with Crippen molar-refractivity contribution in [3.63, 3.8) is 0 Å². The number of benzene rings is 1. The van der Waals surface area contributed by atoms with E-state index in [1.54, 1.807) is 0 Å². The quantitative estimate of drug-likeness (QED) is 0.787. The van der Waals surface area contributed by atoms with E-state index >= 15 is 0 Å². The number of rotatable bonds is 6. The van der Waals surface area contributed by atoms with Crippen LogP contribution in [0.4, 0.5) is 5.95 Å². The molecule has 0 spiro atoms. The highest BCUT2D eigenvalue weighted by Gasteiger charge is 2.43. The lowest BCUT2D eigenvalue weighted by Crippen LogP contribution is -2.45. The number of carbonyl (C=O) groups is 1. The largest absolute Gasteiger partial charge is 0.467 e. The zero-order chi connectivity index (χ0) is 17.7. The first kappa shape index (κ1) is 17.5. The van der Waals surface area contributed by atoms with Gasteiger partial charge in [0.2, 0.25) is 11.1 Å². The smallest absolute Gasteiger partial charge is 0.331 e. The average Bonchev–Trinajstić information content (AvgIpc) is 3.11. The van der Waals surface area contributed by atoms with Gasteiger partial charge < -0.3 is 14.8 Å². The van der Waals surface area contributed by atoms with E-state index in [2.05, 4.69) is 20.3 Å². The van der Waals surface area contributed by atoms with E-state index in [9.17, 15) is 4.79 Å². The predicted octanol–water partition coefficient (Wildman–Crippen LogP) is 2.93. The van der Waals surface area contributed by atoms with E-state index in [1.807, 2.05) is 30.3 Å². The van der Waals surface area contributed by atoms with E-state index in [-0.39, 0.29) is 12.0 Å². The molecule has 25 heavy (non-hydrogen) atoms. The topological polar surface area (TPSA) is 86.2 Å². The SMILES string of the molecule is COC(=O)C1(Nc2nc(OC)nc(Sc3ccccc3)n2)CCCC1. The number of aromatic nitrogens is 3. The van der Waals surface area contributed by atoms with Gasteiger partial charge in [0.15, 0.2) is 0 Å². The Balaban J connectivity index is 1.88. The molecule has 3 rings (SSSR count). The summed E-state index contributed by atoms with van der Waals surface area (Å²) in [6.07, 6.45) is 3.29. The van der Waals surface area contributed by atoms with E-state index in [0.29, 0.717) is 23.9 Å². The van der Waals surface area contributed by atoms with Crippen molar-refractivity contribution in [3.05, 3.63) is 30.3 Å². The number of methoxy groups -OCH3 is 2. The number of hydrogen-bond donors (Lipinski definition) is 1. The van der Waals surface area contributed by atoms with E-state index in [0.717, 1.165) is 17.7 Å². The fourth-order valence-electron chi connectivity index (χ4n) is 2.89. The highest BCUT2D eigenvalue weighted by atomic mass is 32.2. The van der Waals surface area contributed by atoms with Gasteiger partial charge in [0, 0.05) is 4.90 Å². The molecular formula is C17H20N4O3S. The Bertz CT molecular complexity index is 736. The molecule has 0 saturated heterocycles. The molecule has 1 N–H and O–H groups in total. The summed E-state index contributed by atoms with van der Waals surface area (Å²) in [5, 5.41) is 3.67. The first-order valence-corrected chi connectivity index (χ1v) is 8.86. The Hall–Kier alpha value is -2.35. The maximum absolute atomic E-state index is 12.3. The fourth-order valence-corrected chi connectivity index (χ4v) is 3.65. The highest BCUT2D eigenvalue weighted by Crippen LogP contribution is 2.34. The number of esters is 1. The van der Waals surface area contributed by atoms with Crippen LogP contribution in [-0.2, 0) is 9.53 Å². The van der Waals surface area contributed by atoms with Gasteiger partial charge in [0.05, 0.1) is 14.2 Å². The molecule has 0 aliphatic heterocycles. The third-order valence-corrected chi connectivity index (χ3v) is 4.99. The van der Waals surface area contributed by atoms with Crippen LogP contribution in [0.3, 0.4) is 0 Å². The summed E-state index contributed by atoms with van der Waals surface area (Å²) in [7, 11) is 2.90. The lowest BCUT2D eigenvalue weighted by atomic mass is 9.98. The third kappa shape index (κ3) is 4.01. The Morgan fingerprint density at radius 2 is 1.84 bits per heavy atom. The number of nitrogens with zero attached hydrogens (tertiary/aromatic N) is 3. The predicted molar refractivity (Wildman–Crippen MR) is 93.8 cm³/mol. The standard InChI is InChI=1S/C17H20N4O3S/c1-23-13(22)17(10-6-7-11-17)21-14-18-15(24-2)20-16(19-14)25-12-8-4-3-5-9-12/h3-5,8-9H,6-7,10-11H2,1-2H3,(H,18,19,20,21). The number of carbonyl (C=O) groups excluding carboxylic acids is 1. The zero-order valence-corrected chi connectivity index (χ0v) is 15.0. The van der Waals surface area contributed by atoms with Gasteiger partial charge in [-0.1, -0.05) is 31.0 Å². The Kier molecular flexibility index (Phi) is 5.37. The number of ether oxygens (including phenoxy) is 2. The Labute approximate surface area is 150 Å². The van der Waals surface area contributed by atoms with Crippen molar-refractivity contribution in [1.29, 1.82) is 0 Å². The van der Waals surface area contributed by atoms with Gasteiger partial charge in [-0.25, -0.2) is 4.79 Å². The van der Waals surface area contributed by atoms with Crippen molar-refractivity contribution < 1.29 is 14.3 Å². The molecule has 1 heterocycles. The van der Waals surface area contributed by atoms with Crippen LogP contribution >= 0.6 is 11.8 Å². The van der Waals surface area contributed by atoms with Gasteiger partial charge in [0.25, 0.3) is 0 Å². The molecule has 1 aliphatic carbocycles. The Morgan fingerprint density at radius 3 is 2.48 bits per heavy atom. The monoisotopic (exact) mass is 360 g/mol. The van der Waals surface area contributed by atoms with Crippen LogP contribution < -0.4 is 10.1 Å². The second-order valence-corrected chi connectivity index (χ2v) is 6.79. The van der Waals surface area contributed by atoms with Crippen molar-refractivity contribution in [3.8, 4) is 6.01 Å². The molecule has 7 nitrogen and oxygen atoms in total.